The van der Waals surface area contributed by atoms with Crippen molar-refractivity contribution in [1.29, 1.82) is 0 Å². The molecule has 0 unspecified atom stereocenters. The second-order valence-corrected chi connectivity index (χ2v) is 7.59. The predicted octanol–water partition coefficient (Wildman–Crippen LogP) is 3.74. The lowest BCUT2D eigenvalue weighted by atomic mass is 9.68. The molecule has 1 aliphatic carbocycles. The maximum absolute atomic E-state index is 13.9. The Balaban J connectivity index is 2.22. The third-order valence-electron chi connectivity index (χ3n) is 4.92. The molecular weight excluding hydrogens is 340 g/mol. The first-order valence-electron chi connectivity index (χ1n) is 8.42. The van der Waals surface area contributed by atoms with E-state index in [1.54, 1.807) is 6.92 Å². The van der Waals surface area contributed by atoms with Crippen molar-refractivity contribution in [3.63, 3.8) is 0 Å². The van der Waals surface area contributed by atoms with Gasteiger partial charge >= 0.3 is 5.97 Å². The van der Waals surface area contributed by atoms with Crippen molar-refractivity contribution in [3.8, 4) is 0 Å². The average Bonchev–Trinajstić information content (AvgIpc) is 2.54. The molecular formula is C20H21F2NO3. The minimum atomic E-state index is -1.02. The van der Waals surface area contributed by atoms with Crippen LogP contribution in [0.4, 0.5) is 8.78 Å². The van der Waals surface area contributed by atoms with Gasteiger partial charge in [0, 0.05) is 29.3 Å². The third kappa shape index (κ3) is 3.04. The summed E-state index contributed by atoms with van der Waals surface area (Å²) in [4.78, 5) is 25.3. The fourth-order valence-electron chi connectivity index (χ4n) is 3.84. The lowest BCUT2D eigenvalue weighted by Gasteiger charge is -2.39. The Morgan fingerprint density at radius 2 is 1.92 bits per heavy atom. The molecule has 1 heterocycles. The summed E-state index contributed by atoms with van der Waals surface area (Å²) in [7, 11) is 1.25. The summed E-state index contributed by atoms with van der Waals surface area (Å²) in [5.74, 6) is -3.49. The van der Waals surface area contributed by atoms with Crippen LogP contribution < -0.4 is 5.32 Å². The SMILES string of the molecule is COC(=O)C1=C(C)NC2=C(C(=O)CC(C)(C)C2)[C@H]1c1ccc(F)c(F)c1. The molecule has 0 fully saturated rings. The summed E-state index contributed by atoms with van der Waals surface area (Å²) < 4.78 is 32.2. The van der Waals surface area contributed by atoms with Crippen LogP contribution >= 0.6 is 0 Å². The van der Waals surface area contributed by atoms with E-state index in [1.165, 1.54) is 13.2 Å². The third-order valence-corrected chi connectivity index (χ3v) is 4.92. The lowest BCUT2D eigenvalue weighted by Crippen LogP contribution is -2.38. The van der Waals surface area contributed by atoms with Gasteiger partial charge in [0.25, 0.3) is 0 Å². The zero-order valence-corrected chi connectivity index (χ0v) is 15.2. The number of rotatable bonds is 2. The number of ether oxygens (including phenoxy) is 1. The quantitative estimate of drug-likeness (QED) is 0.816. The number of carbonyl (C=O) groups excluding carboxylic acids is 2. The smallest absolute Gasteiger partial charge is 0.336 e. The first-order chi connectivity index (χ1) is 12.1. The number of ketones is 1. The monoisotopic (exact) mass is 361 g/mol. The van der Waals surface area contributed by atoms with Gasteiger partial charge in [0.05, 0.1) is 12.7 Å². The van der Waals surface area contributed by atoms with Crippen molar-refractivity contribution in [1.82, 2.24) is 5.32 Å². The lowest BCUT2D eigenvalue weighted by molar-refractivity contribution is -0.136. The van der Waals surface area contributed by atoms with Gasteiger partial charge in [-0.3, -0.25) is 4.79 Å². The molecule has 138 valence electrons. The summed E-state index contributed by atoms with van der Waals surface area (Å²) in [5, 5.41) is 3.17. The van der Waals surface area contributed by atoms with Gasteiger partial charge in [0.2, 0.25) is 0 Å². The first-order valence-corrected chi connectivity index (χ1v) is 8.42. The molecule has 0 radical (unpaired) electrons. The molecule has 26 heavy (non-hydrogen) atoms. The number of methoxy groups -OCH3 is 1. The molecule has 0 bridgehead atoms. The van der Waals surface area contributed by atoms with Gasteiger partial charge in [-0.1, -0.05) is 19.9 Å². The summed E-state index contributed by atoms with van der Waals surface area (Å²) in [6.07, 6.45) is 0.946. The number of Topliss-reactive ketones (excluding diaryl/α,β-unsaturated/α-hetero) is 1. The Hall–Kier alpha value is -2.50. The number of hydrogen-bond donors (Lipinski definition) is 1. The Morgan fingerprint density at radius 1 is 1.23 bits per heavy atom. The molecule has 6 heteroatoms. The maximum Gasteiger partial charge on any atom is 0.336 e. The molecule has 1 aromatic rings. The summed E-state index contributed by atoms with van der Waals surface area (Å²) in [6, 6.07) is 3.45. The van der Waals surface area contributed by atoms with E-state index in [-0.39, 0.29) is 16.8 Å². The van der Waals surface area contributed by atoms with Gasteiger partial charge in [-0.05, 0) is 36.5 Å². The van der Waals surface area contributed by atoms with Crippen LogP contribution in [0.15, 0.2) is 40.7 Å². The summed E-state index contributed by atoms with van der Waals surface area (Å²) in [5.41, 5.74) is 2.09. The molecule has 3 rings (SSSR count). The van der Waals surface area contributed by atoms with Gasteiger partial charge < -0.3 is 10.1 Å². The number of carbonyl (C=O) groups is 2. The number of hydrogen-bond acceptors (Lipinski definition) is 4. The molecule has 1 atom stereocenters. The van der Waals surface area contributed by atoms with Crippen LogP contribution in [-0.4, -0.2) is 18.9 Å². The maximum atomic E-state index is 13.9. The summed E-state index contributed by atoms with van der Waals surface area (Å²) >= 11 is 0. The van der Waals surface area contributed by atoms with Crippen molar-refractivity contribution in [3.05, 3.63) is 57.9 Å². The highest BCUT2D eigenvalue weighted by Gasteiger charge is 2.43. The average molecular weight is 361 g/mol. The second kappa shape index (κ2) is 6.34. The molecule has 0 saturated heterocycles. The number of benzene rings is 1. The van der Waals surface area contributed by atoms with Gasteiger partial charge in [-0.15, -0.1) is 0 Å². The largest absolute Gasteiger partial charge is 0.466 e. The number of esters is 1. The topological polar surface area (TPSA) is 55.4 Å². The number of nitrogens with one attached hydrogen (secondary N) is 1. The van der Waals surface area contributed by atoms with Crippen molar-refractivity contribution in [2.45, 2.75) is 39.5 Å². The van der Waals surface area contributed by atoms with E-state index < -0.39 is 23.5 Å². The highest BCUT2D eigenvalue weighted by atomic mass is 19.2. The number of allylic oxidation sites excluding steroid dienone is 3. The molecule has 2 aliphatic rings. The van der Waals surface area contributed by atoms with E-state index in [1.807, 2.05) is 13.8 Å². The molecule has 1 N–H and O–H groups in total. The van der Waals surface area contributed by atoms with Gasteiger partial charge in [0.1, 0.15) is 0 Å². The molecule has 0 saturated carbocycles. The van der Waals surface area contributed by atoms with Crippen LogP contribution in [-0.2, 0) is 14.3 Å². The Morgan fingerprint density at radius 3 is 2.54 bits per heavy atom. The van der Waals surface area contributed by atoms with Crippen molar-refractivity contribution in [2.24, 2.45) is 5.41 Å². The summed E-state index contributed by atoms with van der Waals surface area (Å²) in [6.45, 7) is 5.71. The highest BCUT2D eigenvalue weighted by Crippen LogP contribution is 2.46. The Bertz CT molecular complexity index is 868. The van der Waals surface area contributed by atoms with Crippen LogP contribution in [0.1, 0.15) is 45.1 Å². The van der Waals surface area contributed by atoms with E-state index >= 15 is 0 Å². The predicted molar refractivity (Wildman–Crippen MR) is 92.0 cm³/mol. The Kier molecular flexibility index (Phi) is 4.46. The zero-order valence-electron chi connectivity index (χ0n) is 15.2. The number of halogens is 2. The van der Waals surface area contributed by atoms with Crippen LogP contribution in [0.3, 0.4) is 0 Å². The fourth-order valence-corrected chi connectivity index (χ4v) is 3.84. The number of dihydropyridines is 1. The van der Waals surface area contributed by atoms with Crippen LogP contribution in [0.25, 0.3) is 0 Å². The van der Waals surface area contributed by atoms with Gasteiger partial charge in [-0.2, -0.15) is 0 Å². The molecule has 4 nitrogen and oxygen atoms in total. The Labute approximate surface area is 150 Å². The van der Waals surface area contributed by atoms with Crippen LogP contribution in [0.2, 0.25) is 0 Å². The van der Waals surface area contributed by atoms with Crippen LogP contribution in [0.5, 0.6) is 0 Å². The van der Waals surface area contributed by atoms with Crippen molar-refractivity contribution in [2.75, 3.05) is 7.11 Å². The fraction of sp³-hybridized carbons (Fsp3) is 0.400. The molecule has 0 spiro atoms. The standard InChI is InChI=1S/C20H21F2NO3/c1-10-16(19(25)26-4)17(11-5-6-12(21)13(22)7-11)18-14(23-10)8-20(2,3)9-15(18)24/h5-7,17,23H,8-9H2,1-4H3/t17-/m0/s1. The van der Waals surface area contributed by atoms with Crippen molar-refractivity contribution >= 4 is 11.8 Å². The minimum Gasteiger partial charge on any atom is -0.466 e. The molecule has 0 aromatic heterocycles. The first kappa shape index (κ1) is 18.3. The highest BCUT2D eigenvalue weighted by molar-refractivity contribution is 6.04. The normalized spacial score (nSPS) is 22.1. The minimum absolute atomic E-state index is 0.104. The van der Waals surface area contributed by atoms with Gasteiger partial charge in [0.15, 0.2) is 17.4 Å². The van der Waals surface area contributed by atoms with E-state index in [2.05, 4.69) is 5.32 Å². The second-order valence-electron chi connectivity index (χ2n) is 7.59. The van der Waals surface area contributed by atoms with E-state index in [0.29, 0.717) is 29.7 Å². The van der Waals surface area contributed by atoms with E-state index in [9.17, 15) is 18.4 Å². The van der Waals surface area contributed by atoms with E-state index in [0.717, 1.165) is 17.8 Å². The van der Waals surface area contributed by atoms with Crippen molar-refractivity contribution < 1.29 is 23.1 Å². The van der Waals surface area contributed by atoms with E-state index in [4.69, 9.17) is 4.74 Å². The van der Waals surface area contributed by atoms with Crippen LogP contribution in [0, 0.1) is 17.0 Å². The molecule has 1 aliphatic heterocycles. The van der Waals surface area contributed by atoms with Gasteiger partial charge in [-0.25, -0.2) is 13.6 Å². The zero-order chi connectivity index (χ0) is 19.2. The molecule has 0 amide bonds. The molecule has 1 aromatic carbocycles.